The summed E-state index contributed by atoms with van der Waals surface area (Å²) in [4.78, 5) is 12.0. The number of nitrogens with one attached hydrogen (secondary N) is 2. The van der Waals surface area contributed by atoms with Gasteiger partial charge in [-0.05, 0) is 49.0 Å². The molecule has 2 N–H and O–H groups in total. The van der Waals surface area contributed by atoms with Crippen molar-refractivity contribution in [3.63, 3.8) is 0 Å². The molecular formula is C15H13BrN2OS. The van der Waals surface area contributed by atoms with Crippen LogP contribution >= 0.6 is 28.1 Å². The van der Waals surface area contributed by atoms with Crippen LogP contribution in [0.1, 0.15) is 15.9 Å². The Balaban J connectivity index is 2.02. The van der Waals surface area contributed by atoms with Crippen LogP contribution in [-0.4, -0.2) is 11.0 Å². The number of benzene rings is 2. The number of halogens is 1. The molecule has 0 spiro atoms. The van der Waals surface area contributed by atoms with E-state index in [-0.39, 0.29) is 11.0 Å². The van der Waals surface area contributed by atoms with Crippen LogP contribution in [-0.2, 0) is 0 Å². The standard InChI is InChI=1S/C15H13BrN2OS/c1-10-5-2-3-8-13(10)17-15(20)18-14(19)11-6-4-7-12(16)9-11/h2-9H,1H3,(H2,17,18,19,20). The van der Waals surface area contributed by atoms with E-state index in [4.69, 9.17) is 12.2 Å². The lowest BCUT2D eigenvalue weighted by Gasteiger charge is -2.11. The van der Waals surface area contributed by atoms with Crippen molar-refractivity contribution in [3.05, 3.63) is 64.1 Å². The summed E-state index contributed by atoms with van der Waals surface area (Å²) in [5, 5.41) is 5.95. The summed E-state index contributed by atoms with van der Waals surface area (Å²) in [6.07, 6.45) is 0. The molecule has 2 aromatic carbocycles. The van der Waals surface area contributed by atoms with E-state index in [2.05, 4.69) is 26.6 Å². The maximum atomic E-state index is 12.0. The van der Waals surface area contributed by atoms with Gasteiger partial charge in [0.15, 0.2) is 5.11 Å². The average Bonchev–Trinajstić information content (AvgIpc) is 2.41. The Labute approximate surface area is 131 Å². The Morgan fingerprint density at radius 1 is 1.15 bits per heavy atom. The number of carbonyl (C=O) groups is 1. The smallest absolute Gasteiger partial charge is 0.257 e. The van der Waals surface area contributed by atoms with Gasteiger partial charge < -0.3 is 5.32 Å². The minimum Gasteiger partial charge on any atom is -0.332 e. The molecule has 2 aromatic rings. The highest BCUT2D eigenvalue weighted by Crippen LogP contribution is 2.13. The summed E-state index contributed by atoms with van der Waals surface area (Å²) in [7, 11) is 0. The number of aryl methyl sites for hydroxylation is 1. The van der Waals surface area contributed by atoms with Crippen molar-refractivity contribution in [1.82, 2.24) is 5.32 Å². The molecule has 0 atom stereocenters. The molecule has 2 rings (SSSR count). The fraction of sp³-hybridized carbons (Fsp3) is 0.0667. The SMILES string of the molecule is Cc1ccccc1NC(=S)NC(=O)c1cccc(Br)c1. The fourth-order valence-corrected chi connectivity index (χ4v) is 2.27. The third-order valence-corrected chi connectivity index (χ3v) is 3.40. The van der Waals surface area contributed by atoms with Gasteiger partial charge in [0, 0.05) is 15.7 Å². The molecule has 0 fully saturated rings. The van der Waals surface area contributed by atoms with Gasteiger partial charge >= 0.3 is 0 Å². The molecule has 0 radical (unpaired) electrons. The zero-order valence-electron chi connectivity index (χ0n) is 10.8. The summed E-state index contributed by atoms with van der Waals surface area (Å²) >= 11 is 8.48. The first kappa shape index (κ1) is 14.7. The van der Waals surface area contributed by atoms with E-state index in [9.17, 15) is 4.79 Å². The van der Waals surface area contributed by atoms with Crippen molar-refractivity contribution < 1.29 is 4.79 Å². The maximum Gasteiger partial charge on any atom is 0.257 e. The molecule has 0 aliphatic heterocycles. The van der Waals surface area contributed by atoms with Crippen molar-refractivity contribution >= 4 is 44.9 Å². The number of amides is 1. The molecule has 0 unspecified atom stereocenters. The van der Waals surface area contributed by atoms with Crippen molar-refractivity contribution in [2.24, 2.45) is 0 Å². The average molecular weight is 349 g/mol. The van der Waals surface area contributed by atoms with E-state index in [0.717, 1.165) is 15.7 Å². The number of hydrogen-bond donors (Lipinski definition) is 2. The zero-order chi connectivity index (χ0) is 14.5. The highest BCUT2D eigenvalue weighted by Gasteiger charge is 2.08. The zero-order valence-corrected chi connectivity index (χ0v) is 13.2. The lowest BCUT2D eigenvalue weighted by Crippen LogP contribution is -2.34. The Bertz CT molecular complexity index is 658. The van der Waals surface area contributed by atoms with Crippen LogP contribution in [0.2, 0.25) is 0 Å². The fourth-order valence-electron chi connectivity index (χ4n) is 1.67. The summed E-state index contributed by atoms with van der Waals surface area (Å²) in [5.74, 6) is -0.239. The Kier molecular flexibility index (Phi) is 4.87. The van der Waals surface area contributed by atoms with E-state index in [1.54, 1.807) is 18.2 Å². The highest BCUT2D eigenvalue weighted by molar-refractivity contribution is 9.10. The lowest BCUT2D eigenvalue weighted by molar-refractivity contribution is 0.0977. The van der Waals surface area contributed by atoms with Gasteiger partial charge in [0.25, 0.3) is 5.91 Å². The van der Waals surface area contributed by atoms with Gasteiger partial charge in [0.05, 0.1) is 0 Å². The predicted octanol–water partition coefficient (Wildman–Crippen LogP) is 3.88. The van der Waals surface area contributed by atoms with Gasteiger partial charge in [-0.1, -0.05) is 40.2 Å². The Hall–Kier alpha value is -1.72. The molecule has 3 nitrogen and oxygen atoms in total. The largest absolute Gasteiger partial charge is 0.332 e. The van der Waals surface area contributed by atoms with Gasteiger partial charge in [-0.15, -0.1) is 0 Å². The van der Waals surface area contributed by atoms with Gasteiger partial charge in [-0.3, -0.25) is 10.1 Å². The van der Waals surface area contributed by atoms with Crippen LogP contribution in [0.25, 0.3) is 0 Å². The normalized spacial score (nSPS) is 9.90. The van der Waals surface area contributed by atoms with E-state index >= 15 is 0 Å². The number of carbonyl (C=O) groups excluding carboxylic acids is 1. The van der Waals surface area contributed by atoms with E-state index in [0.29, 0.717) is 5.56 Å². The maximum absolute atomic E-state index is 12.0. The number of para-hydroxylation sites is 1. The molecule has 5 heteroatoms. The van der Waals surface area contributed by atoms with Crippen LogP contribution in [0.4, 0.5) is 5.69 Å². The molecule has 20 heavy (non-hydrogen) atoms. The van der Waals surface area contributed by atoms with E-state index in [1.165, 1.54) is 0 Å². The summed E-state index contributed by atoms with van der Waals surface area (Å²) in [6, 6.07) is 14.9. The summed E-state index contributed by atoms with van der Waals surface area (Å²) in [6.45, 7) is 1.97. The van der Waals surface area contributed by atoms with Crippen LogP contribution in [0.3, 0.4) is 0 Å². The molecule has 1 amide bonds. The van der Waals surface area contributed by atoms with Gasteiger partial charge in [-0.2, -0.15) is 0 Å². The first-order chi connectivity index (χ1) is 9.56. The molecule has 0 aliphatic rings. The topological polar surface area (TPSA) is 41.1 Å². The molecular weight excluding hydrogens is 336 g/mol. The first-order valence-corrected chi connectivity index (χ1v) is 7.20. The van der Waals surface area contributed by atoms with Crippen molar-refractivity contribution in [2.75, 3.05) is 5.32 Å². The quantitative estimate of drug-likeness (QED) is 0.809. The van der Waals surface area contributed by atoms with Crippen LogP contribution in [0.5, 0.6) is 0 Å². The second-order valence-electron chi connectivity index (χ2n) is 4.23. The summed E-state index contributed by atoms with van der Waals surface area (Å²) in [5.41, 5.74) is 2.49. The summed E-state index contributed by atoms with van der Waals surface area (Å²) < 4.78 is 0.850. The molecule has 0 aromatic heterocycles. The number of thiocarbonyl (C=S) groups is 1. The van der Waals surface area contributed by atoms with Crippen LogP contribution < -0.4 is 10.6 Å². The number of rotatable bonds is 2. The minimum absolute atomic E-state index is 0.239. The molecule has 0 bridgehead atoms. The second kappa shape index (κ2) is 6.63. The molecule has 0 aliphatic carbocycles. The van der Waals surface area contributed by atoms with Gasteiger partial charge in [0.1, 0.15) is 0 Å². The predicted molar refractivity (Wildman–Crippen MR) is 89.0 cm³/mol. The van der Waals surface area contributed by atoms with E-state index < -0.39 is 0 Å². The van der Waals surface area contributed by atoms with Crippen LogP contribution in [0.15, 0.2) is 53.0 Å². The van der Waals surface area contributed by atoms with Crippen molar-refractivity contribution in [3.8, 4) is 0 Å². The highest BCUT2D eigenvalue weighted by atomic mass is 79.9. The Morgan fingerprint density at radius 2 is 1.90 bits per heavy atom. The lowest BCUT2D eigenvalue weighted by atomic mass is 10.2. The van der Waals surface area contributed by atoms with Crippen LogP contribution in [0, 0.1) is 6.92 Å². The third-order valence-electron chi connectivity index (χ3n) is 2.71. The molecule has 0 heterocycles. The number of anilines is 1. The third kappa shape index (κ3) is 3.88. The van der Waals surface area contributed by atoms with Crippen molar-refractivity contribution in [2.45, 2.75) is 6.92 Å². The Morgan fingerprint density at radius 3 is 2.60 bits per heavy atom. The second-order valence-corrected chi connectivity index (χ2v) is 5.56. The first-order valence-electron chi connectivity index (χ1n) is 6.00. The van der Waals surface area contributed by atoms with E-state index in [1.807, 2.05) is 37.3 Å². The van der Waals surface area contributed by atoms with Crippen molar-refractivity contribution in [1.29, 1.82) is 0 Å². The van der Waals surface area contributed by atoms with Gasteiger partial charge in [-0.25, -0.2) is 0 Å². The minimum atomic E-state index is -0.239. The molecule has 102 valence electrons. The van der Waals surface area contributed by atoms with Gasteiger partial charge in [0.2, 0.25) is 0 Å². The number of hydrogen-bond acceptors (Lipinski definition) is 2. The monoisotopic (exact) mass is 348 g/mol. The molecule has 0 saturated carbocycles. The molecule has 0 saturated heterocycles.